The summed E-state index contributed by atoms with van der Waals surface area (Å²) in [4.78, 5) is 13.7. The Balaban J connectivity index is 2.16. The van der Waals surface area contributed by atoms with Crippen LogP contribution in [0.5, 0.6) is 0 Å². The van der Waals surface area contributed by atoms with Crippen LogP contribution in [0.15, 0.2) is 0 Å². The highest BCUT2D eigenvalue weighted by molar-refractivity contribution is 9.10. The van der Waals surface area contributed by atoms with Crippen LogP contribution in [-0.2, 0) is 4.79 Å². The predicted molar refractivity (Wildman–Crippen MR) is 66.2 cm³/mol. The summed E-state index contributed by atoms with van der Waals surface area (Å²) in [7, 11) is 0. The fourth-order valence-electron chi connectivity index (χ4n) is 1.98. The number of halogens is 1. The number of alkyl halides is 1. The number of hydrogen-bond donors (Lipinski definition) is 1. The molecule has 1 aliphatic rings. The van der Waals surface area contributed by atoms with E-state index in [0.717, 1.165) is 13.1 Å². The Bertz CT molecular complexity index is 209. The highest BCUT2D eigenvalue weighted by Gasteiger charge is 2.22. The molecule has 0 aliphatic carbocycles. The van der Waals surface area contributed by atoms with Gasteiger partial charge in [-0.2, -0.15) is 0 Å². The molecule has 4 heteroatoms. The Hall–Kier alpha value is -0.0900. The molecule has 1 amide bonds. The van der Waals surface area contributed by atoms with Gasteiger partial charge in [0.25, 0.3) is 0 Å². The van der Waals surface area contributed by atoms with Crippen LogP contribution in [0.25, 0.3) is 0 Å². The zero-order chi connectivity index (χ0) is 11.3. The summed E-state index contributed by atoms with van der Waals surface area (Å²) >= 11 is 3.26. The molecular weight excluding hydrogens is 256 g/mol. The predicted octanol–water partition coefficient (Wildman–Crippen LogP) is 1.62. The fraction of sp³-hybridized carbons (Fsp3) is 0.909. The van der Waals surface area contributed by atoms with E-state index in [2.05, 4.69) is 33.1 Å². The third-order valence-electron chi connectivity index (χ3n) is 2.84. The molecule has 2 atom stereocenters. The van der Waals surface area contributed by atoms with Crippen LogP contribution in [0.2, 0.25) is 0 Å². The van der Waals surface area contributed by atoms with Crippen molar-refractivity contribution in [1.82, 2.24) is 10.2 Å². The smallest absolute Gasteiger partial charge is 0.233 e. The van der Waals surface area contributed by atoms with Crippen LogP contribution < -0.4 is 5.32 Å². The van der Waals surface area contributed by atoms with Crippen molar-refractivity contribution in [3.05, 3.63) is 0 Å². The zero-order valence-corrected chi connectivity index (χ0v) is 11.2. The highest BCUT2D eigenvalue weighted by atomic mass is 79.9. The Morgan fingerprint density at radius 3 is 3.00 bits per heavy atom. The van der Waals surface area contributed by atoms with Crippen LogP contribution in [0, 0.1) is 5.92 Å². The van der Waals surface area contributed by atoms with Crippen molar-refractivity contribution < 1.29 is 4.79 Å². The number of likely N-dealkylation sites (tertiary alicyclic amines) is 1. The molecule has 0 radical (unpaired) electrons. The van der Waals surface area contributed by atoms with Crippen LogP contribution in [0.3, 0.4) is 0 Å². The number of carbonyl (C=O) groups is 1. The third kappa shape index (κ3) is 4.51. The van der Waals surface area contributed by atoms with Crippen LogP contribution in [0.4, 0.5) is 0 Å². The van der Waals surface area contributed by atoms with Crippen molar-refractivity contribution in [1.29, 1.82) is 0 Å². The normalized spacial score (nSPS) is 24.1. The van der Waals surface area contributed by atoms with Crippen molar-refractivity contribution in [3.63, 3.8) is 0 Å². The first-order valence-electron chi connectivity index (χ1n) is 5.77. The molecule has 2 unspecified atom stereocenters. The van der Waals surface area contributed by atoms with E-state index in [4.69, 9.17) is 0 Å². The van der Waals surface area contributed by atoms with E-state index in [9.17, 15) is 4.79 Å². The molecule has 0 bridgehead atoms. The first-order chi connectivity index (χ1) is 7.13. The average molecular weight is 277 g/mol. The molecule has 0 aromatic carbocycles. The summed E-state index contributed by atoms with van der Waals surface area (Å²) in [6.07, 6.45) is 2.44. The minimum atomic E-state index is -0.0781. The summed E-state index contributed by atoms with van der Waals surface area (Å²) in [6.45, 7) is 8.42. The highest BCUT2D eigenvalue weighted by Crippen LogP contribution is 2.15. The molecule has 88 valence electrons. The van der Waals surface area contributed by atoms with Crippen LogP contribution in [0.1, 0.15) is 26.7 Å². The number of amides is 1. The van der Waals surface area contributed by atoms with E-state index < -0.39 is 0 Å². The van der Waals surface area contributed by atoms with Gasteiger partial charge in [0.2, 0.25) is 5.91 Å². The quantitative estimate of drug-likeness (QED) is 0.774. The van der Waals surface area contributed by atoms with Gasteiger partial charge in [0.1, 0.15) is 0 Å². The molecule has 0 saturated carbocycles. The lowest BCUT2D eigenvalue weighted by Gasteiger charge is -2.15. The Morgan fingerprint density at radius 1 is 1.67 bits per heavy atom. The monoisotopic (exact) mass is 276 g/mol. The van der Waals surface area contributed by atoms with Gasteiger partial charge in [-0.15, -0.1) is 0 Å². The lowest BCUT2D eigenvalue weighted by atomic mass is 10.1. The van der Waals surface area contributed by atoms with Crippen molar-refractivity contribution >= 4 is 21.8 Å². The van der Waals surface area contributed by atoms with Gasteiger partial charge in [-0.3, -0.25) is 4.79 Å². The molecule has 0 aromatic heterocycles. The summed E-state index contributed by atoms with van der Waals surface area (Å²) in [5.41, 5.74) is 0. The van der Waals surface area contributed by atoms with E-state index in [1.54, 1.807) is 0 Å². The number of rotatable bonds is 5. The van der Waals surface area contributed by atoms with Crippen molar-refractivity contribution in [2.45, 2.75) is 31.5 Å². The molecule has 1 heterocycles. The topological polar surface area (TPSA) is 32.3 Å². The SMILES string of the molecule is CCCN1CCC(CNC(=O)C(C)Br)C1. The number of hydrogen-bond acceptors (Lipinski definition) is 2. The van der Waals surface area contributed by atoms with Crippen molar-refractivity contribution in [3.8, 4) is 0 Å². The summed E-state index contributed by atoms with van der Waals surface area (Å²) in [6, 6.07) is 0. The van der Waals surface area contributed by atoms with Gasteiger partial charge in [-0.05, 0) is 38.8 Å². The molecular formula is C11H21BrN2O. The maximum absolute atomic E-state index is 11.3. The van der Waals surface area contributed by atoms with E-state index in [1.165, 1.54) is 25.9 Å². The Morgan fingerprint density at radius 2 is 2.40 bits per heavy atom. The third-order valence-corrected chi connectivity index (χ3v) is 3.25. The second-order valence-electron chi connectivity index (χ2n) is 4.32. The molecule has 1 saturated heterocycles. The standard InChI is InChI=1S/C11H21BrN2O/c1-3-5-14-6-4-10(8-14)7-13-11(15)9(2)12/h9-10H,3-8H2,1-2H3,(H,13,15). The van der Waals surface area contributed by atoms with Gasteiger partial charge in [-0.25, -0.2) is 0 Å². The lowest BCUT2D eigenvalue weighted by molar-refractivity contribution is -0.120. The van der Waals surface area contributed by atoms with E-state index in [1.807, 2.05) is 6.92 Å². The largest absolute Gasteiger partial charge is 0.355 e. The maximum atomic E-state index is 11.3. The van der Waals surface area contributed by atoms with Crippen LogP contribution in [-0.4, -0.2) is 41.8 Å². The fourth-order valence-corrected chi connectivity index (χ4v) is 2.15. The number of nitrogens with zero attached hydrogens (tertiary/aromatic N) is 1. The van der Waals surface area contributed by atoms with E-state index >= 15 is 0 Å². The molecule has 0 spiro atoms. The van der Waals surface area contributed by atoms with E-state index in [0.29, 0.717) is 5.92 Å². The Labute approximate surface area is 101 Å². The zero-order valence-electron chi connectivity index (χ0n) is 9.63. The minimum Gasteiger partial charge on any atom is -0.355 e. The first kappa shape index (κ1) is 13.0. The first-order valence-corrected chi connectivity index (χ1v) is 6.69. The summed E-state index contributed by atoms with van der Waals surface area (Å²) < 4.78 is 0. The van der Waals surface area contributed by atoms with E-state index in [-0.39, 0.29) is 10.7 Å². The molecule has 3 nitrogen and oxygen atoms in total. The van der Waals surface area contributed by atoms with Gasteiger partial charge >= 0.3 is 0 Å². The van der Waals surface area contributed by atoms with Crippen LogP contribution >= 0.6 is 15.9 Å². The Kier molecular flexibility index (Phi) is 5.61. The second kappa shape index (κ2) is 6.48. The minimum absolute atomic E-state index is 0.0781. The van der Waals surface area contributed by atoms with Gasteiger partial charge in [0, 0.05) is 13.1 Å². The maximum Gasteiger partial charge on any atom is 0.233 e. The van der Waals surface area contributed by atoms with Gasteiger partial charge in [0.15, 0.2) is 0 Å². The second-order valence-corrected chi connectivity index (χ2v) is 5.69. The molecule has 1 fully saturated rings. The lowest BCUT2D eigenvalue weighted by Crippen LogP contribution is -2.34. The molecule has 0 aromatic rings. The molecule has 1 N–H and O–H groups in total. The molecule has 1 aliphatic heterocycles. The summed E-state index contributed by atoms with van der Waals surface area (Å²) in [5.74, 6) is 0.746. The molecule has 1 rings (SSSR count). The van der Waals surface area contributed by atoms with Gasteiger partial charge < -0.3 is 10.2 Å². The van der Waals surface area contributed by atoms with Crippen molar-refractivity contribution in [2.24, 2.45) is 5.92 Å². The van der Waals surface area contributed by atoms with Crippen molar-refractivity contribution in [2.75, 3.05) is 26.2 Å². The number of carbonyl (C=O) groups excluding carboxylic acids is 1. The van der Waals surface area contributed by atoms with Gasteiger partial charge in [0.05, 0.1) is 4.83 Å². The molecule has 15 heavy (non-hydrogen) atoms. The number of nitrogens with one attached hydrogen (secondary N) is 1. The summed E-state index contributed by atoms with van der Waals surface area (Å²) in [5, 5.41) is 2.97. The van der Waals surface area contributed by atoms with Gasteiger partial charge in [-0.1, -0.05) is 22.9 Å². The average Bonchev–Trinajstić information content (AvgIpc) is 2.62.